The summed E-state index contributed by atoms with van der Waals surface area (Å²) < 4.78 is 61.7. The smallest absolute Gasteiger partial charge is 0.496 e. The van der Waals surface area contributed by atoms with Gasteiger partial charge in [0.2, 0.25) is 5.95 Å². The van der Waals surface area contributed by atoms with Gasteiger partial charge < -0.3 is 14.4 Å². The molecule has 2 aromatic heterocycles. The Morgan fingerprint density at radius 3 is 2.61 bits per heavy atom. The number of nitrogens with zero attached hydrogens (tertiary/aromatic N) is 4. The second kappa shape index (κ2) is 8.74. The SMILES string of the molecule is CCN(c1nc(-c2c(F)cccc2OC)c2[nH]ncc2n1)c1ccc(OC(F)(F)F)cc1Cl. The van der Waals surface area contributed by atoms with E-state index >= 15 is 0 Å². The minimum Gasteiger partial charge on any atom is -0.496 e. The summed E-state index contributed by atoms with van der Waals surface area (Å²) >= 11 is 6.27. The summed E-state index contributed by atoms with van der Waals surface area (Å²) in [5.74, 6) is -0.636. The first-order valence-corrected chi connectivity index (χ1v) is 9.96. The van der Waals surface area contributed by atoms with Crippen LogP contribution in [0.2, 0.25) is 5.02 Å². The third-order valence-corrected chi connectivity index (χ3v) is 5.02. The molecule has 0 bridgehead atoms. The highest BCUT2D eigenvalue weighted by molar-refractivity contribution is 6.33. The second-order valence-corrected chi connectivity index (χ2v) is 7.13. The molecule has 0 atom stereocenters. The van der Waals surface area contributed by atoms with Crippen molar-refractivity contribution in [2.75, 3.05) is 18.6 Å². The van der Waals surface area contributed by atoms with Crippen LogP contribution in [-0.2, 0) is 0 Å². The van der Waals surface area contributed by atoms with Crippen LogP contribution in [0.5, 0.6) is 11.5 Å². The van der Waals surface area contributed by atoms with Crippen molar-refractivity contribution in [3.05, 3.63) is 53.4 Å². The molecule has 4 rings (SSSR count). The van der Waals surface area contributed by atoms with Crippen LogP contribution in [0.25, 0.3) is 22.3 Å². The maximum absolute atomic E-state index is 14.8. The monoisotopic (exact) mass is 481 g/mol. The van der Waals surface area contributed by atoms with E-state index in [1.165, 1.54) is 31.5 Å². The second-order valence-electron chi connectivity index (χ2n) is 6.72. The van der Waals surface area contributed by atoms with Crippen molar-refractivity contribution < 1.29 is 27.0 Å². The first-order valence-electron chi connectivity index (χ1n) is 9.58. The average Bonchev–Trinajstić information content (AvgIpc) is 3.23. The lowest BCUT2D eigenvalue weighted by Crippen LogP contribution is -2.20. The molecule has 12 heteroatoms. The van der Waals surface area contributed by atoms with Gasteiger partial charge in [-0.25, -0.2) is 14.4 Å². The summed E-state index contributed by atoms with van der Waals surface area (Å²) in [5.41, 5.74) is 1.43. The number of aromatic amines is 1. The van der Waals surface area contributed by atoms with Crippen molar-refractivity contribution in [2.45, 2.75) is 13.3 Å². The molecular weight excluding hydrogens is 466 g/mol. The van der Waals surface area contributed by atoms with Crippen molar-refractivity contribution in [3.63, 3.8) is 0 Å². The van der Waals surface area contributed by atoms with Crippen LogP contribution in [0.1, 0.15) is 6.92 Å². The van der Waals surface area contributed by atoms with Gasteiger partial charge in [-0.15, -0.1) is 13.2 Å². The minimum atomic E-state index is -4.85. The molecule has 7 nitrogen and oxygen atoms in total. The number of nitrogens with one attached hydrogen (secondary N) is 1. The molecule has 172 valence electrons. The number of methoxy groups -OCH3 is 1. The summed E-state index contributed by atoms with van der Waals surface area (Å²) in [7, 11) is 1.41. The van der Waals surface area contributed by atoms with Crippen LogP contribution in [0.3, 0.4) is 0 Å². The fourth-order valence-electron chi connectivity index (χ4n) is 3.36. The summed E-state index contributed by atoms with van der Waals surface area (Å²) in [5, 5.41) is 6.73. The van der Waals surface area contributed by atoms with Crippen LogP contribution in [0, 0.1) is 5.82 Å². The van der Waals surface area contributed by atoms with E-state index in [0.29, 0.717) is 23.3 Å². The van der Waals surface area contributed by atoms with Crippen LogP contribution >= 0.6 is 11.6 Å². The van der Waals surface area contributed by atoms with Crippen LogP contribution < -0.4 is 14.4 Å². The van der Waals surface area contributed by atoms with Gasteiger partial charge in [-0.1, -0.05) is 17.7 Å². The molecule has 2 heterocycles. The van der Waals surface area contributed by atoms with Crippen molar-refractivity contribution in [2.24, 2.45) is 0 Å². The fraction of sp³-hybridized carbons (Fsp3) is 0.190. The van der Waals surface area contributed by atoms with Crippen molar-refractivity contribution in [3.8, 4) is 22.8 Å². The highest BCUT2D eigenvalue weighted by Gasteiger charge is 2.31. The van der Waals surface area contributed by atoms with Gasteiger partial charge >= 0.3 is 6.36 Å². The Morgan fingerprint density at radius 2 is 1.94 bits per heavy atom. The molecule has 0 spiro atoms. The number of hydrogen-bond donors (Lipinski definition) is 1. The van der Waals surface area contributed by atoms with E-state index in [0.717, 1.165) is 12.1 Å². The highest BCUT2D eigenvalue weighted by atomic mass is 35.5. The number of hydrogen-bond acceptors (Lipinski definition) is 6. The van der Waals surface area contributed by atoms with Gasteiger partial charge in [0.1, 0.15) is 34.0 Å². The third-order valence-electron chi connectivity index (χ3n) is 4.72. The Hall–Kier alpha value is -3.60. The number of aromatic nitrogens is 4. The molecule has 0 aliphatic carbocycles. The Labute approximate surface area is 189 Å². The van der Waals surface area contributed by atoms with Gasteiger partial charge in [0, 0.05) is 12.6 Å². The zero-order chi connectivity index (χ0) is 23.8. The molecule has 2 aromatic carbocycles. The first-order chi connectivity index (χ1) is 15.7. The lowest BCUT2D eigenvalue weighted by atomic mass is 10.1. The Kier molecular flexibility index (Phi) is 5.98. The van der Waals surface area contributed by atoms with Gasteiger partial charge in [-0.2, -0.15) is 5.10 Å². The standard InChI is InChI=1S/C21H16ClF4N5O2/c1-3-31(15-8-7-11(9-12(15)22)33-21(24,25)26)20-28-14-10-27-30-18(14)19(29-20)17-13(23)5-4-6-16(17)32-2/h4-10H,3H2,1-2H3,(H,27,30). The molecule has 0 saturated carbocycles. The number of alkyl halides is 3. The average molecular weight is 482 g/mol. The summed E-state index contributed by atoms with van der Waals surface area (Å²) in [4.78, 5) is 10.6. The Balaban J connectivity index is 1.85. The summed E-state index contributed by atoms with van der Waals surface area (Å²) in [6, 6.07) is 7.91. The van der Waals surface area contributed by atoms with Gasteiger partial charge in [0.25, 0.3) is 0 Å². The van der Waals surface area contributed by atoms with Gasteiger partial charge in [0.15, 0.2) is 0 Å². The zero-order valence-corrected chi connectivity index (χ0v) is 18.0. The molecule has 33 heavy (non-hydrogen) atoms. The van der Waals surface area contributed by atoms with Crippen molar-refractivity contribution >= 4 is 34.3 Å². The summed E-state index contributed by atoms with van der Waals surface area (Å²) in [6.07, 6.45) is -3.40. The quantitative estimate of drug-likeness (QED) is 0.347. The zero-order valence-electron chi connectivity index (χ0n) is 17.2. The maximum Gasteiger partial charge on any atom is 0.573 e. The molecule has 0 radical (unpaired) electrons. The molecule has 0 fully saturated rings. The van der Waals surface area contributed by atoms with Crippen LogP contribution in [0.15, 0.2) is 42.6 Å². The summed E-state index contributed by atoms with van der Waals surface area (Å²) in [6.45, 7) is 2.08. The molecule has 1 N–H and O–H groups in total. The third kappa shape index (κ3) is 4.49. The van der Waals surface area contributed by atoms with Gasteiger partial charge in [-0.3, -0.25) is 5.10 Å². The van der Waals surface area contributed by atoms with Crippen molar-refractivity contribution in [1.82, 2.24) is 20.2 Å². The number of benzene rings is 2. The van der Waals surface area contributed by atoms with Crippen LogP contribution in [-0.4, -0.2) is 40.2 Å². The molecular formula is C21H16ClF4N5O2. The molecule has 0 amide bonds. The van der Waals surface area contributed by atoms with E-state index in [9.17, 15) is 17.6 Å². The normalized spacial score (nSPS) is 11.6. The van der Waals surface area contributed by atoms with E-state index < -0.39 is 17.9 Å². The predicted molar refractivity (Wildman–Crippen MR) is 114 cm³/mol. The van der Waals surface area contributed by atoms with E-state index in [1.54, 1.807) is 17.9 Å². The Bertz CT molecular complexity index is 1310. The fourth-order valence-corrected chi connectivity index (χ4v) is 3.63. The highest BCUT2D eigenvalue weighted by Crippen LogP contribution is 2.38. The largest absolute Gasteiger partial charge is 0.573 e. The molecule has 0 aliphatic rings. The molecule has 0 unspecified atom stereocenters. The number of H-pyrrole nitrogens is 1. The van der Waals surface area contributed by atoms with Gasteiger partial charge in [0.05, 0.1) is 29.6 Å². The maximum atomic E-state index is 14.8. The number of anilines is 2. The molecule has 4 aromatic rings. The molecule has 0 saturated heterocycles. The topological polar surface area (TPSA) is 76.2 Å². The van der Waals surface area contributed by atoms with E-state index in [2.05, 4.69) is 24.9 Å². The number of fused-ring (bicyclic) bond motifs is 1. The lowest BCUT2D eigenvalue weighted by Gasteiger charge is -2.23. The molecule has 0 aliphatic heterocycles. The Morgan fingerprint density at radius 1 is 1.15 bits per heavy atom. The minimum absolute atomic E-state index is 0.0143. The number of rotatable bonds is 6. The first kappa shape index (κ1) is 22.6. The predicted octanol–water partition coefficient (Wildman–Crippen LogP) is 5.88. The van der Waals surface area contributed by atoms with Crippen molar-refractivity contribution in [1.29, 1.82) is 0 Å². The van der Waals surface area contributed by atoms with E-state index in [4.69, 9.17) is 16.3 Å². The van der Waals surface area contributed by atoms with Crippen LogP contribution in [0.4, 0.5) is 29.2 Å². The van der Waals surface area contributed by atoms with Gasteiger partial charge in [-0.05, 0) is 31.2 Å². The van der Waals surface area contributed by atoms with E-state index in [-0.39, 0.29) is 28.0 Å². The number of halogens is 5. The number of ether oxygens (including phenoxy) is 2. The lowest BCUT2D eigenvalue weighted by molar-refractivity contribution is -0.274. The van der Waals surface area contributed by atoms with E-state index in [1.807, 2.05) is 0 Å².